The highest BCUT2D eigenvalue weighted by Gasteiger charge is 2.18. The molecular weight excluding hydrogens is 413 g/mol. The fourth-order valence-corrected chi connectivity index (χ4v) is 3.01. The van der Waals surface area contributed by atoms with Crippen molar-refractivity contribution in [3.05, 3.63) is 71.9 Å². The zero-order valence-electron chi connectivity index (χ0n) is 17.7. The summed E-state index contributed by atoms with van der Waals surface area (Å²) in [6.07, 6.45) is 3.13. The van der Waals surface area contributed by atoms with Crippen LogP contribution in [0.2, 0.25) is 0 Å². The van der Waals surface area contributed by atoms with Gasteiger partial charge in [-0.15, -0.1) is 15.3 Å². The van der Waals surface area contributed by atoms with Crippen molar-refractivity contribution in [3.8, 4) is 23.1 Å². The summed E-state index contributed by atoms with van der Waals surface area (Å²) in [6.45, 7) is 5.67. The Kier molecular flexibility index (Phi) is 5.84. The summed E-state index contributed by atoms with van der Waals surface area (Å²) in [5, 5.41) is 18.3. The van der Waals surface area contributed by atoms with Gasteiger partial charge in [0.25, 0.3) is 5.91 Å². The van der Waals surface area contributed by atoms with E-state index < -0.39 is 11.7 Å². The summed E-state index contributed by atoms with van der Waals surface area (Å²) in [4.78, 5) is 17.2. The maximum atomic E-state index is 14.6. The van der Waals surface area contributed by atoms with Gasteiger partial charge in [0.2, 0.25) is 5.88 Å². The van der Waals surface area contributed by atoms with E-state index in [1.807, 2.05) is 18.4 Å². The number of pyridine rings is 1. The molecule has 0 aliphatic carbocycles. The molecule has 0 fully saturated rings. The normalized spacial score (nSPS) is 10.9. The van der Waals surface area contributed by atoms with Gasteiger partial charge in [0.05, 0.1) is 5.56 Å². The number of nitrogens with zero attached hydrogens (tertiary/aromatic N) is 6. The van der Waals surface area contributed by atoms with Gasteiger partial charge < -0.3 is 14.6 Å². The second kappa shape index (κ2) is 8.88. The van der Waals surface area contributed by atoms with Crippen molar-refractivity contribution < 1.29 is 13.9 Å². The van der Waals surface area contributed by atoms with Crippen LogP contribution in [0, 0.1) is 12.7 Å². The number of amides is 1. The van der Waals surface area contributed by atoms with Gasteiger partial charge in [-0.1, -0.05) is 6.07 Å². The summed E-state index contributed by atoms with van der Waals surface area (Å²) in [6, 6.07) is 11.1. The molecule has 0 atom stereocenters. The predicted molar refractivity (Wildman–Crippen MR) is 115 cm³/mol. The molecule has 0 radical (unpaired) electrons. The fourth-order valence-electron chi connectivity index (χ4n) is 3.01. The Morgan fingerprint density at radius 2 is 1.97 bits per heavy atom. The van der Waals surface area contributed by atoms with Crippen LogP contribution in [0.3, 0.4) is 0 Å². The number of benzene rings is 1. The van der Waals surface area contributed by atoms with Gasteiger partial charge in [-0.2, -0.15) is 5.10 Å². The maximum Gasteiger partial charge on any atom is 0.259 e. The van der Waals surface area contributed by atoms with Crippen molar-refractivity contribution in [1.29, 1.82) is 0 Å². The number of carbonyl (C=O) groups excluding carboxylic acids is 1. The van der Waals surface area contributed by atoms with Crippen LogP contribution in [0.15, 0.2) is 55.0 Å². The first kappa shape index (κ1) is 21.0. The molecule has 0 spiro atoms. The average molecular weight is 433 g/mol. The summed E-state index contributed by atoms with van der Waals surface area (Å²) < 4.78 is 22.1. The lowest BCUT2D eigenvalue weighted by Crippen LogP contribution is -2.15. The van der Waals surface area contributed by atoms with Crippen molar-refractivity contribution >= 4 is 11.7 Å². The number of aryl methyl sites for hydroxylation is 1. The molecule has 1 aromatic carbocycles. The van der Waals surface area contributed by atoms with Gasteiger partial charge >= 0.3 is 0 Å². The SMILES string of the molecule is Cc1cc(F)c(C(=O)Nc2cccc(-c3nncn3C(C)C)n2)cc1Oc1cccnn1. The molecule has 1 amide bonds. The molecule has 0 aliphatic heterocycles. The van der Waals surface area contributed by atoms with Crippen LogP contribution < -0.4 is 10.1 Å². The highest BCUT2D eigenvalue weighted by molar-refractivity contribution is 6.04. The van der Waals surface area contributed by atoms with Crippen LogP contribution >= 0.6 is 0 Å². The van der Waals surface area contributed by atoms with E-state index in [9.17, 15) is 9.18 Å². The highest BCUT2D eigenvalue weighted by Crippen LogP contribution is 2.27. The number of aromatic nitrogens is 6. The molecule has 0 saturated carbocycles. The van der Waals surface area contributed by atoms with E-state index in [1.54, 1.807) is 43.6 Å². The van der Waals surface area contributed by atoms with E-state index >= 15 is 0 Å². The van der Waals surface area contributed by atoms with Gasteiger partial charge in [0.1, 0.15) is 29.4 Å². The highest BCUT2D eigenvalue weighted by atomic mass is 19.1. The number of hydrogen-bond donors (Lipinski definition) is 1. The molecule has 0 bridgehead atoms. The summed E-state index contributed by atoms with van der Waals surface area (Å²) >= 11 is 0. The van der Waals surface area contributed by atoms with Gasteiger partial charge in [0, 0.05) is 18.3 Å². The van der Waals surface area contributed by atoms with Gasteiger partial charge in [-0.05, 0) is 56.7 Å². The van der Waals surface area contributed by atoms with E-state index in [0.717, 1.165) is 0 Å². The van der Waals surface area contributed by atoms with Crippen LogP contribution in [0.4, 0.5) is 10.2 Å². The van der Waals surface area contributed by atoms with Crippen molar-refractivity contribution in [2.24, 2.45) is 0 Å². The topological polar surface area (TPSA) is 108 Å². The molecule has 32 heavy (non-hydrogen) atoms. The molecule has 0 unspecified atom stereocenters. The standard InChI is InChI=1S/C22H20FN7O2/c1-13(2)30-12-25-29-21(30)17-6-4-7-19(26-17)27-22(31)15-11-18(14(3)10-16(15)23)32-20-8-5-9-24-28-20/h4-13H,1-3H3,(H,26,27,31). The Balaban J connectivity index is 1.59. The molecule has 9 nitrogen and oxygen atoms in total. The molecule has 0 aliphatic rings. The van der Waals surface area contributed by atoms with Crippen LogP contribution in [0.5, 0.6) is 11.6 Å². The minimum atomic E-state index is -0.679. The van der Waals surface area contributed by atoms with E-state index in [1.165, 1.54) is 18.3 Å². The monoisotopic (exact) mass is 433 g/mol. The molecule has 162 valence electrons. The first-order valence-electron chi connectivity index (χ1n) is 9.86. The molecule has 0 saturated heterocycles. The van der Waals surface area contributed by atoms with Crippen LogP contribution in [-0.2, 0) is 0 Å². The fraction of sp³-hybridized carbons (Fsp3) is 0.182. The predicted octanol–water partition coefficient (Wildman–Crippen LogP) is 4.20. The van der Waals surface area contributed by atoms with Crippen molar-refractivity contribution in [2.45, 2.75) is 26.8 Å². The number of ether oxygens (including phenoxy) is 1. The molecular formula is C22H20FN7O2. The third-order valence-corrected chi connectivity index (χ3v) is 4.62. The summed E-state index contributed by atoms with van der Waals surface area (Å²) in [7, 11) is 0. The second-order valence-electron chi connectivity index (χ2n) is 7.28. The van der Waals surface area contributed by atoms with Crippen LogP contribution in [0.1, 0.15) is 35.8 Å². The van der Waals surface area contributed by atoms with E-state index in [0.29, 0.717) is 22.8 Å². The summed E-state index contributed by atoms with van der Waals surface area (Å²) in [5.41, 5.74) is 0.856. The Bertz CT molecular complexity index is 1260. The molecule has 1 N–H and O–H groups in total. The minimum absolute atomic E-state index is 0.134. The number of carbonyl (C=O) groups is 1. The Labute approximate surface area is 183 Å². The zero-order valence-corrected chi connectivity index (χ0v) is 17.7. The summed E-state index contributed by atoms with van der Waals surface area (Å²) in [5.74, 6) is 0.00381. The lowest BCUT2D eigenvalue weighted by molar-refractivity contribution is 0.102. The van der Waals surface area contributed by atoms with Crippen LogP contribution in [0.25, 0.3) is 11.5 Å². The molecule has 3 aromatic heterocycles. The minimum Gasteiger partial charge on any atom is -0.437 e. The molecule has 3 heterocycles. The lowest BCUT2D eigenvalue weighted by Gasteiger charge is -2.12. The van der Waals surface area contributed by atoms with Crippen LogP contribution in [-0.4, -0.2) is 35.9 Å². The Morgan fingerprint density at radius 1 is 1.12 bits per heavy atom. The Morgan fingerprint density at radius 3 is 2.72 bits per heavy atom. The quantitative estimate of drug-likeness (QED) is 0.485. The van der Waals surface area contributed by atoms with Crippen molar-refractivity contribution in [3.63, 3.8) is 0 Å². The zero-order chi connectivity index (χ0) is 22.7. The third kappa shape index (κ3) is 4.43. The average Bonchev–Trinajstić information content (AvgIpc) is 3.27. The number of anilines is 1. The molecule has 10 heteroatoms. The number of halogens is 1. The number of hydrogen-bond acceptors (Lipinski definition) is 7. The first-order valence-corrected chi connectivity index (χ1v) is 9.86. The van der Waals surface area contributed by atoms with Crippen molar-refractivity contribution in [1.82, 2.24) is 29.9 Å². The van der Waals surface area contributed by atoms with Gasteiger partial charge in [0.15, 0.2) is 5.82 Å². The van der Waals surface area contributed by atoms with E-state index in [2.05, 4.69) is 30.7 Å². The molecule has 4 rings (SSSR count). The maximum absolute atomic E-state index is 14.6. The van der Waals surface area contributed by atoms with Crippen molar-refractivity contribution in [2.75, 3.05) is 5.32 Å². The van der Waals surface area contributed by atoms with E-state index in [4.69, 9.17) is 4.74 Å². The van der Waals surface area contributed by atoms with Gasteiger partial charge in [-0.3, -0.25) is 4.79 Å². The largest absolute Gasteiger partial charge is 0.437 e. The second-order valence-corrected chi connectivity index (χ2v) is 7.28. The lowest BCUT2D eigenvalue weighted by atomic mass is 10.1. The smallest absolute Gasteiger partial charge is 0.259 e. The third-order valence-electron chi connectivity index (χ3n) is 4.62. The Hall–Kier alpha value is -4.21. The number of nitrogens with one attached hydrogen (secondary N) is 1. The van der Waals surface area contributed by atoms with E-state index in [-0.39, 0.29) is 23.3 Å². The number of rotatable bonds is 6. The first-order chi connectivity index (χ1) is 15.4. The molecule has 4 aromatic rings. The van der Waals surface area contributed by atoms with Gasteiger partial charge in [-0.25, -0.2) is 9.37 Å².